The Kier molecular flexibility index (Phi) is 4.78. The standard InChI is InChI=1S/C17H19N5O3/c1-10-8-19-17(22-16(10)18-9-15(24)25-2)20-12-4-5-13-11(7-12)3-6-14(23)21-13/h4-5,7-8H,3,6,9H2,1-2H3,(H,21,23)(H2,18,19,20,22). The van der Waals surface area contributed by atoms with Crippen molar-refractivity contribution >= 4 is 35.0 Å². The number of nitrogens with one attached hydrogen (secondary N) is 3. The van der Waals surface area contributed by atoms with Crippen molar-refractivity contribution in [2.75, 3.05) is 29.6 Å². The van der Waals surface area contributed by atoms with Crippen molar-refractivity contribution in [3.63, 3.8) is 0 Å². The molecular weight excluding hydrogens is 322 g/mol. The van der Waals surface area contributed by atoms with Gasteiger partial charge in [-0.1, -0.05) is 0 Å². The lowest BCUT2D eigenvalue weighted by molar-refractivity contribution is -0.138. The molecule has 2 aromatic rings. The molecule has 0 unspecified atom stereocenters. The Morgan fingerprint density at radius 1 is 1.36 bits per heavy atom. The number of fused-ring (bicyclic) bond motifs is 1. The van der Waals surface area contributed by atoms with Gasteiger partial charge >= 0.3 is 5.97 Å². The van der Waals surface area contributed by atoms with E-state index in [1.807, 2.05) is 25.1 Å². The van der Waals surface area contributed by atoms with Crippen LogP contribution in [0.5, 0.6) is 0 Å². The third-order valence-electron chi connectivity index (χ3n) is 3.86. The maximum absolute atomic E-state index is 11.4. The minimum absolute atomic E-state index is 0.0341. The molecule has 2 heterocycles. The molecule has 1 aromatic heterocycles. The molecule has 0 fully saturated rings. The molecule has 1 aliphatic rings. The van der Waals surface area contributed by atoms with E-state index >= 15 is 0 Å². The molecule has 0 spiro atoms. The molecule has 8 heteroatoms. The van der Waals surface area contributed by atoms with Gasteiger partial charge in [-0.15, -0.1) is 0 Å². The average molecular weight is 341 g/mol. The van der Waals surface area contributed by atoms with Crippen LogP contribution < -0.4 is 16.0 Å². The fourth-order valence-corrected chi connectivity index (χ4v) is 2.50. The Morgan fingerprint density at radius 3 is 3.00 bits per heavy atom. The number of rotatable bonds is 5. The molecule has 0 radical (unpaired) electrons. The number of carbonyl (C=O) groups is 2. The van der Waals surface area contributed by atoms with Gasteiger partial charge in [0.15, 0.2) is 0 Å². The van der Waals surface area contributed by atoms with Gasteiger partial charge in [-0.25, -0.2) is 4.98 Å². The number of methoxy groups -OCH3 is 1. The Balaban J connectivity index is 1.74. The number of amides is 1. The Bertz CT molecular complexity index is 822. The van der Waals surface area contributed by atoms with E-state index in [9.17, 15) is 9.59 Å². The molecule has 1 aliphatic heterocycles. The van der Waals surface area contributed by atoms with E-state index in [0.29, 0.717) is 24.6 Å². The van der Waals surface area contributed by atoms with Crippen molar-refractivity contribution in [2.45, 2.75) is 19.8 Å². The van der Waals surface area contributed by atoms with Gasteiger partial charge in [0.05, 0.1) is 7.11 Å². The van der Waals surface area contributed by atoms with Crippen molar-refractivity contribution < 1.29 is 14.3 Å². The largest absolute Gasteiger partial charge is 0.468 e. The smallest absolute Gasteiger partial charge is 0.325 e. The second-order valence-corrected chi connectivity index (χ2v) is 5.70. The van der Waals surface area contributed by atoms with E-state index in [1.54, 1.807) is 6.20 Å². The maximum atomic E-state index is 11.4. The number of esters is 1. The van der Waals surface area contributed by atoms with Crippen LogP contribution in [0.15, 0.2) is 24.4 Å². The van der Waals surface area contributed by atoms with Gasteiger partial charge in [0.1, 0.15) is 12.4 Å². The van der Waals surface area contributed by atoms with E-state index in [0.717, 1.165) is 22.5 Å². The van der Waals surface area contributed by atoms with Crippen LogP contribution in [0.1, 0.15) is 17.5 Å². The zero-order valence-corrected chi connectivity index (χ0v) is 14.0. The van der Waals surface area contributed by atoms with Gasteiger partial charge < -0.3 is 20.7 Å². The van der Waals surface area contributed by atoms with Crippen LogP contribution in [0.3, 0.4) is 0 Å². The van der Waals surface area contributed by atoms with E-state index in [4.69, 9.17) is 0 Å². The van der Waals surface area contributed by atoms with Crippen molar-refractivity contribution in [1.29, 1.82) is 0 Å². The van der Waals surface area contributed by atoms with Crippen LogP contribution in [-0.2, 0) is 20.7 Å². The molecule has 25 heavy (non-hydrogen) atoms. The zero-order valence-electron chi connectivity index (χ0n) is 14.0. The summed E-state index contributed by atoms with van der Waals surface area (Å²) in [5, 5.41) is 8.92. The first-order valence-electron chi connectivity index (χ1n) is 7.89. The number of hydrogen-bond donors (Lipinski definition) is 3. The predicted octanol–water partition coefficient (Wildman–Crippen LogP) is 2.00. The molecule has 0 atom stereocenters. The van der Waals surface area contributed by atoms with Gasteiger partial charge in [0.25, 0.3) is 0 Å². The molecule has 3 N–H and O–H groups in total. The SMILES string of the molecule is COC(=O)CNc1nc(Nc2ccc3c(c2)CCC(=O)N3)ncc1C. The number of ether oxygens (including phenoxy) is 1. The first-order chi connectivity index (χ1) is 12.0. The molecule has 0 saturated heterocycles. The first-order valence-corrected chi connectivity index (χ1v) is 7.89. The summed E-state index contributed by atoms with van der Waals surface area (Å²) >= 11 is 0. The number of carbonyl (C=O) groups excluding carboxylic acids is 2. The fourth-order valence-electron chi connectivity index (χ4n) is 2.50. The van der Waals surface area contributed by atoms with Crippen LogP contribution in [-0.4, -0.2) is 35.5 Å². The zero-order chi connectivity index (χ0) is 17.8. The normalized spacial score (nSPS) is 12.8. The molecule has 1 aromatic carbocycles. The summed E-state index contributed by atoms with van der Waals surface area (Å²) in [5.74, 6) is 0.645. The van der Waals surface area contributed by atoms with Crippen molar-refractivity contribution in [2.24, 2.45) is 0 Å². The monoisotopic (exact) mass is 341 g/mol. The molecule has 1 amide bonds. The molecule has 0 bridgehead atoms. The van der Waals surface area contributed by atoms with Crippen LogP contribution in [0.25, 0.3) is 0 Å². The van der Waals surface area contributed by atoms with Crippen molar-refractivity contribution in [3.8, 4) is 0 Å². The average Bonchev–Trinajstić information content (AvgIpc) is 2.62. The van der Waals surface area contributed by atoms with Gasteiger partial charge in [-0.05, 0) is 37.1 Å². The first kappa shape index (κ1) is 16.7. The molecular formula is C17H19N5O3. The third kappa shape index (κ3) is 4.03. The minimum atomic E-state index is -0.371. The lowest BCUT2D eigenvalue weighted by Crippen LogP contribution is -2.19. The molecule has 3 rings (SSSR count). The van der Waals surface area contributed by atoms with Crippen LogP contribution in [0.2, 0.25) is 0 Å². The Labute approximate surface area is 145 Å². The number of anilines is 4. The van der Waals surface area contributed by atoms with Crippen molar-refractivity contribution in [3.05, 3.63) is 35.5 Å². The summed E-state index contributed by atoms with van der Waals surface area (Å²) in [7, 11) is 1.34. The third-order valence-corrected chi connectivity index (χ3v) is 3.86. The number of nitrogens with zero attached hydrogens (tertiary/aromatic N) is 2. The van der Waals surface area contributed by atoms with Crippen molar-refractivity contribution in [1.82, 2.24) is 9.97 Å². The highest BCUT2D eigenvalue weighted by Crippen LogP contribution is 2.27. The second-order valence-electron chi connectivity index (χ2n) is 5.70. The van der Waals surface area contributed by atoms with E-state index < -0.39 is 0 Å². The van der Waals surface area contributed by atoms with Gasteiger partial charge in [0.2, 0.25) is 11.9 Å². The minimum Gasteiger partial charge on any atom is -0.468 e. The number of hydrogen-bond acceptors (Lipinski definition) is 7. The fraction of sp³-hybridized carbons (Fsp3) is 0.294. The lowest BCUT2D eigenvalue weighted by atomic mass is 10.0. The number of benzene rings is 1. The van der Waals surface area contributed by atoms with E-state index in [1.165, 1.54) is 7.11 Å². The topological polar surface area (TPSA) is 105 Å². The predicted molar refractivity (Wildman–Crippen MR) is 94.0 cm³/mol. The van der Waals surface area contributed by atoms with Gasteiger partial charge in [-0.3, -0.25) is 9.59 Å². The Morgan fingerprint density at radius 2 is 2.20 bits per heavy atom. The molecule has 130 valence electrons. The van der Waals surface area contributed by atoms with E-state index in [-0.39, 0.29) is 18.4 Å². The summed E-state index contributed by atoms with van der Waals surface area (Å²) in [6.45, 7) is 1.89. The number of aryl methyl sites for hydroxylation is 2. The highest BCUT2D eigenvalue weighted by atomic mass is 16.5. The summed E-state index contributed by atoms with van der Waals surface area (Å²) < 4.78 is 4.61. The summed E-state index contributed by atoms with van der Waals surface area (Å²) in [4.78, 5) is 31.3. The summed E-state index contributed by atoms with van der Waals surface area (Å²) in [6, 6.07) is 5.69. The van der Waals surface area contributed by atoms with Gasteiger partial charge in [0, 0.05) is 29.6 Å². The van der Waals surface area contributed by atoms with Gasteiger partial charge in [-0.2, -0.15) is 4.98 Å². The van der Waals surface area contributed by atoms with E-state index in [2.05, 4.69) is 30.7 Å². The molecule has 8 nitrogen and oxygen atoms in total. The molecule has 0 saturated carbocycles. The maximum Gasteiger partial charge on any atom is 0.325 e. The highest BCUT2D eigenvalue weighted by molar-refractivity contribution is 5.94. The Hall–Kier alpha value is -3.16. The highest BCUT2D eigenvalue weighted by Gasteiger charge is 2.15. The summed E-state index contributed by atoms with van der Waals surface area (Å²) in [6.07, 6.45) is 2.87. The lowest BCUT2D eigenvalue weighted by Gasteiger charge is -2.18. The summed E-state index contributed by atoms with van der Waals surface area (Å²) in [5.41, 5.74) is 3.56. The number of aromatic nitrogens is 2. The second kappa shape index (κ2) is 7.16. The quantitative estimate of drug-likeness (QED) is 0.714. The molecule has 0 aliphatic carbocycles. The van der Waals surface area contributed by atoms with Crippen LogP contribution >= 0.6 is 0 Å². The van der Waals surface area contributed by atoms with Crippen LogP contribution in [0.4, 0.5) is 23.1 Å². The van der Waals surface area contributed by atoms with Crippen LogP contribution in [0, 0.1) is 6.92 Å².